The second-order valence-electron chi connectivity index (χ2n) is 6.54. The van der Waals surface area contributed by atoms with Crippen molar-refractivity contribution in [2.75, 3.05) is 11.4 Å². The van der Waals surface area contributed by atoms with Crippen molar-refractivity contribution < 1.29 is 14.7 Å². The van der Waals surface area contributed by atoms with Gasteiger partial charge in [-0.05, 0) is 36.3 Å². The van der Waals surface area contributed by atoms with Gasteiger partial charge in [-0.25, -0.2) is 0 Å². The van der Waals surface area contributed by atoms with E-state index in [2.05, 4.69) is 6.07 Å². The summed E-state index contributed by atoms with van der Waals surface area (Å²) < 4.78 is 0. The Labute approximate surface area is 125 Å². The number of nitrogens with zero attached hydrogens (tertiary/aromatic N) is 1. The maximum atomic E-state index is 12.6. The number of carbonyl (C=O) groups excluding carboxylic acids is 1. The van der Waals surface area contributed by atoms with Gasteiger partial charge in [0.2, 0.25) is 5.91 Å². The van der Waals surface area contributed by atoms with Gasteiger partial charge in [-0.1, -0.05) is 32.0 Å². The number of carbonyl (C=O) groups is 2. The molecule has 0 radical (unpaired) electrons. The third-order valence-corrected chi connectivity index (χ3v) is 3.92. The summed E-state index contributed by atoms with van der Waals surface area (Å²) >= 11 is 0. The Kier molecular flexibility index (Phi) is 4.66. The van der Waals surface area contributed by atoms with Crippen molar-refractivity contribution >= 4 is 17.6 Å². The minimum atomic E-state index is -0.857. The van der Waals surface area contributed by atoms with Crippen LogP contribution in [0, 0.1) is 5.41 Å². The van der Waals surface area contributed by atoms with Crippen molar-refractivity contribution in [3.8, 4) is 0 Å². The molecule has 4 nitrogen and oxygen atoms in total. The van der Waals surface area contributed by atoms with Crippen molar-refractivity contribution in [3.05, 3.63) is 29.8 Å². The van der Waals surface area contributed by atoms with Crippen molar-refractivity contribution in [1.82, 2.24) is 0 Å². The summed E-state index contributed by atoms with van der Waals surface area (Å²) in [6, 6.07) is 8.01. The molecule has 1 aliphatic heterocycles. The Morgan fingerprint density at radius 3 is 2.62 bits per heavy atom. The molecule has 2 rings (SSSR count). The number of amides is 1. The molecule has 0 atom stereocenters. The maximum Gasteiger partial charge on any atom is 0.303 e. The zero-order valence-electron chi connectivity index (χ0n) is 12.8. The molecule has 1 aliphatic rings. The molecule has 1 aromatic rings. The highest BCUT2D eigenvalue weighted by molar-refractivity contribution is 5.94. The number of para-hydroxylation sites is 1. The standard InChI is InChI=1S/C17H23NO3/c1-17(2,12-16(20)21)11-15(19)18-10-6-5-8-13-7-3-4-9-14(13)18/h3-4,7,9H,5-6,8,10-12H2,1-2H3,(H,20,21). The molecular formula is C17H23NO3. The first-order valence-electron chi connectivity index (χ1n) is 7.49. The van der Waals surface area contributed by atoms with E-state index in [4.69, 9.17) is 5.11 Å². The van der Waals surface area contributed by atoms with Crippen LogP contribution in [0.5, 0.6) is 0 Å². The predicted molar refractivity (Wildman–Crippen MR) is 82.4 cm³/mol. The molecule has 0 aromatic heterocycles. The lowest BCUT2D eigenvalue weighted by Crippen LogP contribution is -2.35. The van der Waals surface area contributed by atoms with Crippen LogP contribution in [0.4, 0.5) is 5.69 Å². The molecule has 1 aromatic carbocycles. The summed E-state index contributed by atoms with van der Waals surface area (Å²) in [6.07, 6.45) is 3.33. The number of carboxylic acid groups (broad SMARTS) is 1. The Morgan fingerprint density at radius 2 is 1.90 bits per heavy atom. The second-order valence-corrected chi connectivity index (χ2v) is 6.54. The molecule has 0 saturated carbocycles. The SMILES string of the molecule is CC(C)(CC(=O)O)CC(=O)N1CCCCc2ccccc21. The molecule has 1 amide bonds. The van der Waals surface area contributed by atoms with E-state index in [1.165, 1.54) is 5.56 Å². The average molecular weight is 289 g/mol. The number of hydrogen-bond donors (Lipinski definition) is 1. The first-order chi connectivity index (χ1) is 9.89. The van der Waals surface area contributed by atoms with Crippen LogP contribution in [-0.2, 0) is 16.0 Å². The van der Waals surface area contributed by atoms with E-state index in [1.54, 1.807) is 0 Å². The van der Waals surface area contributed by atoms with Gasteiger partial charge < -0.3 is 10.0 Å². The minimum absolute atomic E-state index is 0.00816. The van der Waals surface area contributed by atoms with Crippen LogP contribution in [-0.4, -0.2) is 23.5 Å². The van der Waals surface area contributed by atoms with Crippen molar-refractivity contribution in [1.29, 1.82) is 0 Å². The van der Waals surface area contributed by atoms with E-state index in [9.17, 15) is 9.59 Å². The lowest BCUT2D eigenvalue weighted by atomic mass is 9.85. The van der Waals surface area contributed by atoms with Crippen molar-refractivity contribution in [2.24, 2.45) is 5.41 Å². The van der Waals surface area contributed by atoms with Gasteiger partial charge in [0.15, 0.2) is 0 Å². The molecule has 0 saturated heterocycles. The number of aryl methyl sites for hydroxylation is 1. The third-order valence-electron chi connectivity index (χ3n) is 3.92. The number of anilines is 1. The van der Waals surface area contributed by atoms with E-state index >= 15 is 0 Å². The lowest BCUT2D eigenvalue weighted by Gasteiger charge is -2.28. The molecule has 0 unspecified atom stereocenters. The van der Waals surface area contributed by atoms with Crippen LogP contribution in [0.2, 0.25) is 0 Å². The topological polar surface area (TPSA) is 57.6 Å². The molecule has 114 valence electrons. The van der Waals surface area contributed by atoms with Crippen LogP contribution in [0.25, 0.3) is 0 Å². The average Bonchev–Trinajstić information content (AvgIpc) is 2.58. The lowest BCUT2D eigenvalue weighted by molar-refractivity contribution is -0.139. The Balaban J connectivity index is 2.17. The van der Waals surface area contributed by atoms with E-state index in [0.29, 0.717) is 0 Å². The molecule has 0 spiro atoms. The van der Waals surface area contributed by atoms with Crippen molar-refractivity contribution in [2.45, 2.75) is 46.0 Å². The number of aliphatic carboxylic acids is 1. The highest BCUT2D eigenvalue weighted by Crippen LogP contribution is 2.31. The quantitative estimate of drug-likeness (QED) is 0.925. The van der Waals surface area contributed by atoms with Crippen LogP contribution < -0.4 is 4.90 Å². The molecule has 1 N–H and O–H groups in total. The zero-order chi connectivity index (χ0) is 15.5. The monoisotopic (exact) mass is 289 g/mol. The highest BCUT2D eigenvalue weighted by Gasteiger charge is 2.29. The van der Waals surface area contributed by atoms with Crippen LogP contribution >= 0.6 is 0 Å². The maximum absolute atomic E-state index is 12.6. The van der Waals surface area contributed by atoms with E-state index in [-0.39, 0.29) is 18.7 Å². The van der Waals surface area contributed by atoms with Gasteiger partial charge in [0.1, 0.15) is 0 Å². The minimum Gasteiger partial charge on any atom is -0.481 e. The zero-order valence-corrected chi connectivity index (χ0v) is 12.8. The normalized spacial score (nSPS) is 15.2. The molecule has 0 aliphatic carbocycles. The number of rotatable bonds is 4. The molecular weight excluding hydrogens is 266 g/mol. The second kappa shape index (κ2) is 6.29. The predicted octanol–water partition coefficient (Wildman–Crippen LogP) is 3.25. The Bertz CT molecular complexity index is 537. The molecule has 1 heterocycles. The third kappa shape index (κ3) is 4.06. The largest absolute Gasteiger partial charge is 0.481 e. The van der Waals surface area contributed by atoms with Crippen LogP contribution in [0.1, 0.15) is 45.1 Å². The van der Waals surface area contributed by atoms with Gasteiger partial charge in [-0.2, -0.15) is 0 Å². The van der Waals surface area contributed by atoms with Gasteiger partial charge >= 0.3 is 5.97 Å². The van der Waals surface area contributed by atoms with Gasteiger partial charge in [0.05, 0.1) is 6.42 Å². The van der Waals surface area contributed by atoms with E-state index in [0.717, 1.165) is 31.5 Å². The Morgan fingerprint density at radius 1 is 1.19 bits per heavy atom. The fourth-order valence-corrected chi connectivity index (χ4v) is 2.93. The first kappa shape index (κ1) is 15.5. The van der Waals surface area contributed by atoms with Crippen molar-refractivity contribution in [3.63, 3.8) is 0 Å². The van der Waals surface area contributed by atoms with Gasteiger partial charge in [0, 0.05) is 18.7 Å². The summed E-state index contributed by atoms with van der Waals surface area (Å²) in [6.45, 7) is 4.39. The molecule has 4 heteroatoms. The number of carboxylic acids is 1. The van der Waals surface area contributed by atoms with Crippen LogP contribution in [0.3, 0.4) is 0 Å². The molecule has 21 heavy (non-hydrogen) atoms. The summed E-state index contributed by atoms with van der Waals surface area (Å²) in [7, 11) is 0. The van der Waals surface area contributed by atoms with E-state index < -0.39 is 11.4 Å². The Hall–Kier alpha value is -1.84. The highest BCUT2D eigenvalue weighted by atomic mass is 16.4. The van der Waals surface area contributed by atoms with Gasteiger partial charge in [-0.3, -0.25) is 9.59 Å². The van der Waals surface area contributed by atoms with Gasteiger partial charge in [-0.15, -0.1) is 0 Å². The fourth-order valence-electron chi connectivity index (χ4n) is 2.93. The summed E-state index contributed by atoms with van der Waals surface area (Å²) in [4.78, 5) is 25.4. The molecule has 0 fully saturated rings. The van der Waals surface area contributed by atoms with Crippen LogP contribution in [0.15, 0.2) is 24.3 Å². The smallest absolute Gasteiger partial charge is 0.303 e. The number of hydrogen-bond acceptors (Lipinski definition) is 2. The van der Waals surface area contributed by atoms with E-state index in [1.807, 2.05) is 36.9 Å². The summed E-state index contributed by atoms with van der Waals surface area (Å²) in [5.41, 5.74) is 1.68. The molecule has 0 bridgehead atoms. The first-order valence-corrected chi connectivity index (χ1v) is 7.49. The summed E-state index contributed by atoms with van der Waals surface area (Å²) in [5, 5.41) is 8.95. The summed E-state index contributed by atoms with van der Waals surface area (Å²) in [5.74, 6) is -0.834. The fraction of sp³-hybridized carbons (Fsp3) is 0.529. The number of fused-ring (bicyclic) bond motifs is 1. The van der Waals surface area contributed by atoms with Gasteiger partial charge in [0.25, 0.3) is 0 Å². The number of benzene rings is 1.